The summed E-state index contributed by atoms with van der Waals surface area (Å²) in [7, 11) is 3.06. The summed E-state index contributed by atoms with van der Waals surface area (Å²) >= 11 is 6.83. The summed E-state index contributed by atoms with van der Waals surface area (Å²) in [6.45, 7) is 4.78. The number of nitrogens with zero attached hydrogens (tertiary/aromatic N) is 1. The van der Waals surface area contributed by atoms with E-state index in [0.717, 1.165) is 45.2 Å². The third-order valence-electron chi connectivity index (χ3n) is 8.21. The van der Waals surface area contributed by atoms with Gasteiger partial charge in [-0.3, -0.25) is 0 Å². The SMILES string of the molecule is COC(=O)[C@H](CC(C)C)Nc1cc2c(c3ccccc13)C1(C[C@H]1Cl)CN2C(O)c1cc2cc(OC)ccc2[nH]1. The quantitative estimate of drug-likeness (QED) is 0.183. The van der Waals surface area contributed by atoms with Gasteiger partial charge in [-0.05, 0) is 60.0 Å². The zero-order chi connectivity index (χ0) is 27.5. The van der Waals surface area contributed by atoms with E-state index in [2.05, 4.69) is 42.3 Å². The number of alkyl halides is 1. The van der Waals surface area contributed by atoms with Gasteiger partial charge in [0.05, 0.1) is 19.9 Å². The number of carbonyl (C=O) groups excluding carboxylic acids is 1. The fraction of sp³-hybridized carbons (Fsp3) is 0.387. The van der Waals surface area contributed by atoms with Crippen LogP contribution in [-0.4, -0.2) is 48.2 Å². The van der Waals surface area contributed by atoms with Crippen molar-refractivity contribution in [3.05, 3.63) is 65.9 Å². The molecule has 4 atom stereocenters. The second kappa shape index (κ2) is 9.65. The maximum atomic E-state index is 12.7. The lowest BCUT2D eigenvalue weighted by atomic mass is 9.91. The Bertz CT molecular complexity index is 1570. The van der Waals surface area contributed by atoms with Gasteiger partial charge < -0.3 is 29.8 Å². The second-order valence-corrected chi connectivity index (χ2v) is 11.7. The van der Waals surface area contributed by atoms with Crippen molar-refractivity contribution >= 4 is 50.6 Å². The van der Waals surface area contributed by atoms with Gasteiger partial charge in [-0.1, -0.05) is 38.1 Å². The van der Waals surface area contributed by atoms with Gasteiger partial charge in [0.2, 0.25) is 0 Å². The average Bonchev–Trinajstić information content (AvgIpc) is 3.25. The van der Waals surface area contributed by atoms with E-state index in [4.69, 9.17) is 21.1 Å². The van der Waals surface area contributed by atoms with Crippen molar-refractivity contribution in [3.63, 3.8) is 0 Å². The van der Waals surface area contributed by atoms with E-state index in [9.17, 15) is 9.90 Å². The first-order valence-corrected chi connectivity index (χ1v) is 13.9. The molecule has 3 aromatic carbocycles. The van der Waals surface area contributed by atoms with Gasteiger partial charge in [-0.15, -0.1) is 11.6 Å². The molecule has 0 saturated heterocycles. The van der Waals surface area contributed by atoms with Crippen molar-refractivity contribution in [1.29, 1.82) is 0 Å². The molecule has 39 heavy (non-hydrogen) atoms. The Morgan fingerprint density at radius 1 is 1.18 bits per heavy atom. The Morgan fingerprint density at radius 3 is 2.59 bits per heavy atom. The number of aromatic amines is 1. The van der Waals surface area contributed by atoms with Crippen LogP contribution in [0.15, 0.2) is 54.6 Å². The van der Waals surface area contributed by atoms with Gasteiger partial charge in [-0.2, -0.15) is 0 Å². The summed E-state index contributed by atoms with van der Waals surface area (Å²) in [6, 6.07) is 17.6. The smallest absolute Gasteiger partial charge is 0.328 e. The number of methoxy groups -OCH3 is 2. The highest BCUT2D eigenvalue weighted by molar-refractivity contribution is 6.25. The molecule has 1 aliphatic carbocycles. The molecule has 1 spiro atoms. The number of ether oxygens (including phenoxy) is 2. The maximum absolute atomic E-state index is 12.7. The van der Waals surface area contributed by atoms with Gasteiger partial charge in [0.1, 0.15) is 11.8 Å². The molecule has 2 unspecified atom stereocenters. The van der Waals surface area contributed by atoms with Crippen LogP contribution in [0.1, 0.15) is 44.2 Å². The molecule has 0 radical (unpaired) electrons. The number of benzene rings is 3. The van der Waals surface area contributed by atoms with E-state index in [1.54, 1.807) is 7.11 Å². The number of halogens is 1. The van der Waals surface area contributed by atoms with Crippen LogP contribution in [0.25, 0.3) is 21.7 Å². The fourth-order valence-corrected chi connectivity index (χ4v) is 6.64. The van der Waals surface area contributed by atoms with E-state index in [1.165, 1.54) is 12.7 Å². The van der Waals surface area contributed by atoms with Gasteiger partial charge >= 0.3 is 5.97 Å². The first-order chi connectivity index (χ1) is 18.8. The summed E-state index contributed by atoms with van der Waals surface area (Å²) in [6.07, 6.45) is 0.576. The number of rotatable bonds is 8. The summed E-state index contributed by atoms with van der Waals surface area (Å²) in [4.78, 5) is 18.1. The van der Waals surface area contributed by atoms with Crippen molar-refractivity contribution in [1.82, 2.24) is 4.98 Å². The number of fused-ring (bicyclic) bond motifs is 5. The number of nitrogens with one attached hydrogen (secondary N) is 2. The van der Waals surface area contributed by atoms with Crippen molar-refractivity contribution in [3.8, 4) is 5.75 Å². The Balaban J connectivity index is 1.46. The number of H-pyrrole nitrogens is 1. The van der Waals surface area contributed by atoms with Crippen LogP contribution in [0.5, 0.6) is 5.75 Å². The molecule has 4 aromatic rings. The zero-order valence-electron chi connectivity index (χ0n) is 22.6. The lowest BCUT2D eigenvalue weighted by Crippen LogP contribution is -2.32. The molecule has 2 aliphatic rings. The maximum Gasteiger partial charge on any atom is 0.328 e. The minimum Gasteiger partial charge on any atom is -0.497 e. The van der Waals surface area contributed by atoms with Crippen LogP contribution in [0.4, 0.5) is 11.4 Å². The van der Waals surface area contributed by atoms with E-state index in [0.29, 0.717) is 24.6 Å². The minimum absolute atomic E-state index is 0.00796. The summed E-state index contributed by atoms with van der Waals surface area (Å²) in [5.41, 5.74) is 4.32. The fourth-order valence-electron chi connectivity index (χ4n) is 6.18. The monoisotopic (exact) mass is 547 g/mol. The van der Waals surface area contributed by atoms with E-state index < -0.39 is 12.3 Å². The van der Waals surface area contributed by atoms with Crippen LogP contribution < -0.4 is 15.0 Å². The van der Waals surface area contributed by atoms with Crippen molar-refractivity contribution < 1.29 is 19.4 Å². The molecule has 1 fully saturated rings. The highest BCUT2D eigenvalue weighted by atomic mass is 35.5. The van der Waals surface area contributed by atoms with Crippen molar-refractivity contribution in [2.24, 2.45) is 5.92 Å². The molecule has 7 nitrogen and oxygen atoms in total. The highest BCUT2D eigenvalue weighted by Gasteiger charge is 2.61. The third-order valence-corrected chi connectivity index (χ3v) is 8.78. The molecule has 204 valence electrons. The number of aliphatic hydroxyl groups excluding tert-OH is 1. The van der Waals surface area contributed by atoms with Gasteiger partial charge in [-0.25, -0.2) is 4.79 Å². The summed E-state index contributed by atoms with van der Waals surface area (Å²) in [5, 5.41) is 18.3. The Labute approximate surface area is 233 Å². The number of hydrogen-bond acceptors (Lipinski definition) is 6. The lowest BCUT2D eigenvalue weighted by Gasteiger charge is -2.27. The van der Waals surface area contributed by atoms with E-state index >= 15 is 0 Å². The van der Waals surface area contributed by atoms with Gasteiger partial charge in [0.15, 0.2) is 6.23 Å². The molecule has 2 heterocycles. The van der Waals surface area contributed by atoms with Crippen molar-refractivity contribution in [2.45, 2.75) is 49.8 Å². The number of aromatic nitrogens is 1. The average molecular weight is 548 g/mol. The number of carbonyl (C=O) groups is 1. The minimum atomic E-state index is -0.910. The van der Waals surface area contributed by atoms with E-state index in [1.807, 2.05) is 41.3 Å². The number of anilines is 2. The first-order valence-electron chi connectivity index (χ1n) is 13.4. The number of hydrogen-bond donors (Lipinski definition) is 3. The third kappa shape index (κ3) is 4.28. The van der Waals surface area contributed by atoms with Crippen LogP contribution in [0, 0.1) is 5.92 Å². The van der Waals surface area contributed by atoms with Crippen molar-refractivity contribution in [2.75, 3.05) is 31.0 Å². The predicted molar refractivity (Wildman–Crippen MR) is 156 cm³/mol. The molecule has 3 N–H and O–H groups in total. The van der Waals surface area contributed by atoms with Crippen LogP contribution in [-0.2, 0) is 14.9 Å². The molecule has 8 heteroatoms. The van der Waals surface area contributed by atoms with Crippen LogP contribution in [0.2, 0.25) is 0 Å². The number of esters is 1. The molecule has 1 aromatic heterocycles. The van der Waals surface area contributed by atoms with Crippen LogP contribution >= 0.6 is 11.6 Å². The highest BCUT2D eigenvalue weighted by Crippen LogP contribution is 2.62. The largest absolute Gasteiger partial charge is 0.497 e. The van der Waals surface area contributed by atoms with Gasteiger partial charge in [0, 0.05) is 45.0 Å². The first kappa shape index (κ1) is 25.8. The standard InChI is InChI=1S/C31H34ClN3O4/c1-17(2)11-25(30(37)39-4)34-23-14-26-28(21-8-6-5-7-20(21)23)31(15-27(31)32)16-35(26)29(36)24-13-18-12-19(38-3)9-10-22(18)33-24/h5-10,12-14,17,25,27,29,33-34,36H,11,15-16H2,1-4H3/t25-,27+,29?,31?/m0/s1. The summed E-state index contributed by atoms with van der Waals surface area (Å²) < 4.78 is 10.5. The molecule has 1 aliphatic heterocycles. The second-order valence-electron chi connectivity index (χ2n) is 11.2. The van der Waals surface area contributed by atoms with Gasteiger partial charge in [0.25, 0.3) is 0 Å². The molecule has 0 bridgehead atoms. The Kier molecular flexibility index (Phi) is 6.39. The molecule has 6 rings (SSSR count). The number of aliphatic hydroxyl groups is 1. The van der Waals surface area contributed by atoms with E-state index in [-0.39, 0.29) is 16.8 Å². The molecule has 1 saturated carbocycles. The summed E-state index contributed by atoms with van der Waals surface area (Å²) in [5.74, 6) is 0.769. The predicted octanol–water partition coefficient (Wildman–Crippen LogP) is 6.09. The Hall–Kier alpha value is -3.42. The zero-order valence-corrected chi connectivity index (χ0v) is 23.4. The molecule has 0 amide bonds. The molecular formula is C31H34ClN3O4. The molecular weight excluding hydrogens is 514 g/mol. The lowest BCUT2D eigenvalue weighted by molar-refractivity contribution is -0.141. The van der Waals surface area contributed by atoms with Crippen LogP contribution in [0.3, 0.4) is 0 Å². The Morgan fingerprint density at radius 2 is 1.92 bits per heavy atom. The topological polar surface area (TPSA) is 86.8 Å². The normalized spacial score (nSPS) is 21.4.